The second kappa shape index (κ2) is 10.7. The molecule has 7 heteroatoms. The number of benzene rings is 3. The third-order valence-corrected chi connectivity index (χ3v) is 5.91. The molecule has 1 aliphatic rings. The summed E-state index contributed by atoms with van der Waals surface area (Å²) in [6.45, 7) is 8.91. The van der Waals surface area contributed by atoms with Crippen molar-refractivity contribution in [1.82, 2.24) is 5.32 Å². The molecule has 190 valence electrons. The Morgan fingerprint density at radius 1 is 0.865 bits per heavy atom. The zero-order valence-corrected chi connectivity index (χ0v) is 21.4. The molecule has 0 spiro atoms. The van der Waals surface area contributed by atoms with Crippen LogP contribution in [0.15, 0.2) is 78.4 Å². The molecule has 4 rings (SSSR count). The van der Waals surface area contributed by atoms with Gasteiger partial charge in [0.05, 0.1) is 5.69 Å². The smallest absolute Gasteiger partial charge is 0.335 e. The molecule has 0 radical (unpaired) electrons. The van der Waals surface area contributed by atoms with Gasteiger partial charge >= 0.3 is 6.03 Å². The number of nitrogens with one attached hydrogen (secondary N) is 1. The van der Waals surface area contributed by atoms with E-state index in [1.54, 1.807) is 42.5 Å². The summed E-state index contributed by atoms with van der Waals surface area (Å²) in [6.07, 6.45) is 1.44. The van der Waals surface area contributed by atoms with Gasteiger partial charge in [-0.3, -0.25) is 14.9 Å². The normalized spacial score (nSPS) is 15.1. The number of urea groups is 1. The van der Waals surface area contributed by atoms with E-state index in [1.165, 1.54) is 11.6 Å². The van der Waals surface area contributed by atoms with E-state index >= 15 is 0 Å². The zero-order chi connectivity index (χ0) is 26.6. The number of nitrogens with zero attached hydrogens (tertiary/aromatic N) is 1. The summed E-state index contributed by atoms with van der Waals surface area (Å²) >= 11 is 0. The van der Waals surface area contributed by atoms with Gasteiger partial charge in [0.15, 0.2) is 0 Å². The number of rotatable bonds is 7. The molecule has 1 heterocycles. The van der Waals surface area contributed by atoms with Crippen LogP contribution in [0.2, 0.25) is 0 Å². The summed E-state index contributed by atoms with van der Waals surface area (Å²) in [5.41, 5.74) is 2.94. The van der Waals surface area contributed by atoms with Gasteiger partial charge in [0.2, 0.25) is 0 Å². The van der Waals surface area contributed by atoms with Crippen LogP contribution in [0.4, 0.5) is 10.5 Å². The van der Waals surface area contributed by atoms with Gasteiger partial charge in [0.25, 0.3) is 11.8 Å². The van der Waals surface area contributed by atoms with Crippen LogP contribution >= 0.6 is 0 Å². The van der Waals surface area contributed by atoms with E-state index in [0.717, 1.165) is 16.2 Å². The third-order valence-electron chi connectivity index (χ3n) is 5.91. The summed E-state index contributed by atoms with van der Waals surface area (Å²) in [6, 6.07) is 21.2. The largest absolute Gasteiger partial charge is 0.490 e. The first kappa shape index (κ1) is 25.7. The molecule has 0 unspecified atom stereocenters. The average Bonchev–Trinajstić information content (AvgIpc) is 2.85. The van der Waals surface area contributed by atoms with Crippen LogP contribution in [0, 0.1) is 6.92 Å². The molecule has 1 aliphatic heterocycles. The first-order chi connectivity index (χ1) is 17.6. The van der Waals surface area contributed by atoms with E-state index in [0.29, 0.717) is 23.6 Å². The van der Waals surface area contributed by atoms with E-state index in [9.17, 15) is 14.4 Å². The number of aryl methyl sites for hydroxylation is 1. The summed E-state index contributed by atoms with van der Waals surface area (Å²) in [5.74, 6) is -0.217. The van der Waals surface area contributed by atoms with E-state index < -0.39 is 17.8 Å². The molecule has 37 heavy (non-hydrogen) atoms. The lowest BCUT2D eigenvalue weighted by Gasteiger charge is -2.26. The van der Waals surface area contributed by atoms with Crippen molar-refractivity contribution < 1.29 is 23.9 Å². The van der Waals surface area contributed by atoms with Crippen molar-refractivity contribution >= 4 is 29.6 Å². The Kier molecular flexibility index (Phi) is 7.43. The van der Waals surface area contributed by atoms with Gasteiger partial charge in [-0.25, -0.2) is 9.69 Å². The molecule has 3 aromatic rings. The highest BCUT2D eigenvalue weighted by Crippen LogP contribution is 2.27. The van der Waals surface area contributed by atoms with Crippen LogP contribution in [0.25, 0.3) is 6.08 Å². The van der Waals surface area contributed by atoms with Crippen molar-refractivity contribution in [3.05, 3.63) is 95.1 Å². The van der Waals surface area contributed by atoms with Crippen molar-refractivity contribution in [2.45, 2.75) is 33.1 Å². The molecule has 7 nitrogen and oxygen atoms in total. The van der Waals surface area contributed by atoms with Gasteiger partial charge < -0.3 is 9.47 Å². The third kappa shape index (κ3) is 6.06. The van der Waals surface area contributed by atoms with Crippen LogP contribution in [-0.4, -0.2) is 31.1 Å². The fourth-order valence-corrected chi connectivity index (χ4v) is 3.91. The summed E-state index contributed by atoms with van der Waals surface area (Å²) < 4.78 is 11.7. The van der Waals surface area contributed by atoms with Gasteiger partial charge in [-0.2, -0.15) is 0 Å². The second-order valence-corrected chi connectivity index (χ2v) is 9.81. The number of barbiturate groups is 1. The van der Waals surface area contributed by atoms with Crippen molar-refractivity contribution in [2.75, 3.05) is 18.1 Å². The molecule has 1 saturated heterocycles. The number of hydrogen-bond acceptors (Lipinski definition) is 5. The van der Waals surface area contributed by atoms with Crippen molar-refractivity contribution in [2.24, 2.45) is 0 Å². The zero-order valence-electron chi connectivity index (χ0n) is 21.4. The van der Waals surface area contributed by atoms with Gasteiger partial charge in [-0.1, -0.05) is 63.2 Å². The molecule has 0 saturated carbocycles. The number of hydrogen-bond donors (Lipinski definition) is 1. The molecule has 3 aromatic carbocycles. The Balaban J connectivity index is 1.46. The maximum atomic E-state index is 13.2. The minimum absolute atomic E-state index is 0.0703. The first-order valence-electron chi connectivity index (χ1n) is 12.1. The molecule has 0 aliphatic carbocycles. The average molecular weight is 499 g/mol. The first-order valence-corrected chi connectivity index (χ1v) is 12.1. The number of anilines is 1. The van der Waals surface area contributed by atoms with Crippen molar-refractivity contribution in [3.63, 3.8) is 0 Å². The summed E-state index contributed by atoms with van der Waals surface area (Å²) in [7, 11) is 0. The molecule has 0 bridgehead atoms. The number of carbonyl (C=O) groups excluding carboxylic acids is 3. The van der Waals surface area contributed by atoms with Crippen LogP contribution in [0.1, 0.15) is 37.5 Å². The number of carbonyl (C=O) groups is 3. The molecule has 1 fully saturated rings. The van der Waals surface area contributed by atoms with Crippen molar-refractivity contribution in [3.8, 4) is 11.5 Å². The Hall–Kier alpha value is -4.39. The number of ether oxygens (including phenoxy) is 2. The van der Waals surface area contributed by atoms with Crippen LogP contribution in [0.5, 0.6) is 11.5 Å². The summed E-state index contributed by atoms with van der Waals surface area (Å²) in [5, 5.41) is 2.25. The van der Waals surface area contributed by atoms with E-state index in [4.69, 9.17) is 9.47 Å². The highest BCUT2D eigenvalue weighted by atomic mass is 16.5. The number of para-hydroxylation sites is 1. The monoisotopic (exact) mass is 498 g/mol. The molecule has 0 aromatic heterocycles. The number of amides is 4. The van der Waals surface area contributed by atoms with Crippen molar-refractivity contribution in [1.29, 1.82) is 0 Å². The lowest BCUT2D eigenvalue weighted by atomic mass is 9.87. The Morgan fingerprint density at radius 2 is 1.57 bits per heavy atom. The van der Waals surface area contributed by atoms with E-state index in [-0.39, 0.29) is 17.6 Å². The Morgan fingerprint density at radius 3 is 2.27 bits per heavy atom. The topological polar surface area (TPSA) is 84.9 Å². The lowest BCUT2D eigenvalue weighted by molar-refractivity contribution is -0.122. The molecule has 0 atom stereocenters. The summed E-state index contributed by atoms with van der Waals surface area (Å²) in [4.78, 5) is 39.2. The molecular formula is C30H30N2O5. The van der Waals surface area contributed by atoms with Gasteiger partial charge in [0, 0.05) is 5.56 Å². The predicted molar refractivity (Wildman–Crippen MR) is 143 cm³/mol. The minimum Gasteiger partial charge on any atom is -0.490 e. The van der Waals surface area contributed by atoms with E-state index in [1.807, 2.05) is 25.1 Å². The maximum Gasteiger partial charge on any atom is 0.335 e. The maximum absolute atomic E-state index is 13.2. The second-order valence-electron chi connectivity index (χ2n) is 9.81. The SMILES string of the molecule is Cc1cccc(N2C(=O)NC(=O)/C(=C\c3ccccc3OCCOc3ccc(C(C)(C)C)cc3)C2=O)c1. The highest BCUT2D eigenvalue weighted by Gasteiger charge is 2.37. The van der Waals surface area contributed by atoms with Crippen LogP contribution in [0.3, 0.4) is 0 Å². The Bertz CT molecular complexity index is 1350. The van der Waals surface area contributed by atoms with Gasteiger partial charge in [-0.05, 0) is 59.9 Å². The lowest BCUT2D eigenvalue weighted by Crippen LogP contribution is -2.54. The molecule has 1 N–H and O–H groups in total. The van der Waals surface area contributed by atoms with Crippen LogP contribution in [-0.2, 0) is 15.0 Å². The Labute approximate surface area is 216 Å². The minimum atomic E-state index is -0.782. The standard InChI is InChI=1S/C30H30N2O5/c1-20-8-7-10-23(18-20)32-28(34)25(27(33)31-29(32)35)19-21-9-5-6-11-26(21)37-17-16-36-24-14-12-22(13-15-24)30(2,3)4/h5-15,18-19H,16-17H2,1-4H3,(H,31,33,35)/b25-19+. The fourth-order valence-electron chi connectivity index (χ4n) is 3.91. The molecule has 4 amide bonds. The fraction of sp³-hybridized carbons (Fsp3) is 0.233. The number of imide groups is 2. The molecular weight excluding hydrogens is 468 g/mol. The highest BCUT2D eigenvalue weighted by molar-refractivity contribution is 6.39. The van der Waals surface area contributed by atoms with Crippen LogP contribution < -0.4 is 19.7 Å². The quantitative estimate of drug-likeness (QED) is 0.267. The van der Waals surface area contributed by atoms with E-state index in [2.05, 4.69) is 38.2 Å². The van der Waals surface area contributed by atoms with Gasteiger partial charge in [0.1, 0.15) is 30.3 Å². The predicted octanol–water partition coefficient (Wildman–Crippen LogP) is 5.42. The van der Waals surface area contributed by atoms with Gasteiger partial charge in [-0.15, -0.1) is 0 Å².